The fourth-order valence-corrected chi connectivity index (χ4v) is 4.95. The Morgan fingerprint density at radius 2 is 1.59 bits per heavy atom. The van der Waals surface area contributed by atoms with Gasteiger partial charge in [-0.25, -0.2) is 4.98 Å². The normalized spacial score (nSPS) is 17.7. The lowest BCUT2D eigenvalue weighted by molar-refractivity contribution is 0.0794. The van der Waals surface area contributed by atoms with Gasteiger partial charge in [0, 0.05) is 24.0 Å². The number of likely N-dealkylation sites (tertiary alicyclic amines) is 1. The lowest BCUT2D eigenvalue weighted by atomic mass is 9.84. The number of pyridine rings is 1. The van der Waals surface area contributed by atoms with Crippen LogP contribution in [0.15, 0.2) is 54.6 Å². The Labute approximate surface area is 172 Å². The summed E-state index contributed by atoms with van der Waals surface area (Å²) in [7, 11) is 0. The van der Waals surface area contributed by atoms with Crippen molar-refractivity contribution in [3.63, 3.8) is 0 Å². The van der Waals surface area contributed by atoms with Crippen molar-refractivity contribution in [2.45, 2.75) is 50.9 Å². The maximum absolute atomic E-state index is 13.2. The number of carbonyl (C=O) groups is 1. The number of aromatic nitrogens is 1. The molecule has 0 atom stereocenters. The predicted octanol–water partition coefficient (Wildman–Crippen LogP) is 6.19. The smallest absolute Gasteiger partial charge is 0.254 e. The van der Waals surface area contributed by atoms with Crippen LogP contribution in [0.25, 0.3) is 22.2 Å². The van der Waals surface area contributed by atoms with Crippen LogP contribution in [0.3, 0.4) is 0 Å². The van der Waals surface area contributed by atoms with Crippen LogP contribution in [0.4, 0.5) is 0 Å². The molecule has 29 heavy (non-hydrogen) atoms. The molecular weight excluding hydrogens is 356 g/mol. The highest BCUT2D eigenvalue weighted by molar-refractivity contribution is 6.07. The summed E-state index contributed by atoms with van der Waals surface area (Å²) in [5, 5.41) is 0.951. The van der Waals surface area contributed by atoms with E-state index >= 15 is 0 Å². The molecule has 148 valence electrons. The summed E-state index contributed by atoms with van der Waals surface area (Å²) < 4.78 is 0. The van der Waals surface area contributed by atoms with Crippen LogP contribution in [0.2, 0.25) is 0 Å². The van der Waals surface area contributed by atoms with Crippen LogP contribution in [0.5, 0.6) is 0 Å². The van der Waals surface area contributed by atoms with E-state index < -0.39 is 0 Å². The quantitative estimate of drug-likeness (QED) is 0.540. The van der Waals surface area contributed by atoms with E-state index in [1.165, 1.54) is 37.7 Å². The van der Waals surface area contributed by atoms with E-state index in [1.807, 2.05) is 35.2 Å². The first-order chi connectivity index (χ1) is 14.3. The first kappa shape index (κ1) is 18.4. The van der Waals surface area contributed by atoms with Crippen LogP contribution >= 0.6 is 0 Å². The molecule has 1 amide bonds. The minimum absolute atomic E-state index is 0.140. The second kappa shape index (κ2) is 7.98. The summed E-state index contributed by atoms with van der Waals surface area (Å²) in [5.74, 6) is 0.843. The molecule has 3 aromatic rings. The molecule has 3 heteroatoms. The van der Waals surface area contributed by atoms with Gasteiger partial charge in [0.05, 0.1) is 16.8 Å². The van der Waals surface area contributed by atoms with Gasteiger partial charge < -0.3 is 4.90 Å². The van der Waals surface area contributed by atoms with Crippen molar-refractivity contribution in [1.29, 1.82) is 0 Å². The van der Waals surface area contributed by atoms with E-state index in [-0.39, 0.29) is 5.91 Å². The van der Waals surface area contributed by atoms with Crippen molar-refractivity contribution in [3.8, 4) is 11.3 Å². The van der Waals surface area contributed by atoms with Crippen molar-refractivity contribution in [1.82, 2.24) is 9.88 Å². The zero-order chi connectivity index (χ0) is 19.6. The number of fused-ring (bicyclic) bond motifs is 1. The molecule has 1 aliphatic carbocycles. The van der Waals surface area contributed by atoms with E-state index in [4.69, 9.17) is 4.98 Å². The first-order valence-electron chi connectivity index (χ1n) is 11.1. The fraction of sp³-hybridized carbons (Fsp3) is 0.385. The van der Waals surface area contributed by atoms with Gasteiger partial charge >= 0.3 is 0 Å². The van der Waals surface area contributed by atoms with Gasteiger partial charge in [0.15, 0.2) is 0 Å². The lowest BCUT2D eigenvalue weighted by Gasteiger charge is -2.22. The molecule has 2 aromatic carbocycles. The van der Waals surface area contributed by atoms with E-state index in [1.54, 1.807) is 0 Å². The Morgan fingerprint density at radius 3 is 2.34 bits per heavy atom. The molecule has 0 radical (unpaired) electrons. The molecule has 1 aliphatic heterocycles. The third-order valence-corrected chi connectivity index (χ3v) is 6.62. The Hall–Kier alpha value is -2.68. The molecule has 2 aliphatic rings. The van der Waals surface area contributed by atoms with Crippen molar-refractivity contribution >= 4 is 16.8 Å². The monoisotopic (exact) mass is 384 g/mol. The maximum atomic E-state index is 13.2. The van der Waals surface area contributed by atoms with Crippen LogP contribution in [-0.2, 0) is 0 Å². The van der Waals surface area contributed by atoms with E-state index in [0.717, 1.165) is 53.7 Å². The van der Waals surface area contributed by atoms with Gasteiger partial charge in [-0.1, -0.05) is 61.7 Å². The summed E-state index contributed by atoms with van der Waals surface area (Å²) in [5.41, 5.74) is 5.10. The van der Waals surface area contributed by atoms with Gasteiger partial charge in [0.1, 0.15) is 0 Å². The van der Waals surface area contributed by atoms with Crippen molar-refractivity contribution in [3.05, 3.63) is 65.7 Å². The topological polar surface area (TPSA) is 33.2 Å². The van der Waals surface area contributed by atoms with Gasteiger partial charge in [-0.15, -0.1) is 0 Å². The minimum Gasteiger partial charge on any atom is -0.339 e. The average Bonchev–Trinajstić information content (AvgIpc) is 3.34. The number of rotatable bonds is 3. The van der Waals surface area contributed by atoms with Gasteiger partial charge in [0.2, 0.25) is 0 Å². The second-order valence-electron chi connectivity index (χ2n) is 8.53. The standard InChI is InChI=1S/C26H28N2O/c29-26(28-16-6-7-17-28)23-18-25(27-24-11-5-4-10-22(23)24)21-14-12-20(13-15-21)19-8-2-1-3-9-19/h4-5,10-15,18-19H,1-3,6-9,16-17H2. The summed E-state index contributed by atoms with van der Waals surface area (Å²) in [6.07, 6.45) is 8.89. The van der Waals surface area contributed by atoms with Gasteiger partial charge in [-0.05, 0) is 49.3 Å². The second-order valence-corrected chi connectivity index (χ2v) is 8.53. The number of benzene rings is 2. The molecular formula is C26H28N2O. The molecule has 2 fully saturated rings. The average molecular weight is 385 g/mol. The molecule has 0 bridgehead atoms. The molecule has 1 saturated carbocycles. The molecule has 0 spiro atoms. The van der Waals surface area contributed by atoms with Gasteiger partial charge in [-0.3, -0.25) is 4.79 Å². The van der Waals surface area contributed by atoms with E-state index in [0.29, 0.717) is 5.92 Å². The Bertz CT molecular complexity index is 1010. The number of carbonyl (C=O) groups excluding carboxylic acids is 1. The van der Waals surface area contributed by atoms with Crippen LogP contribution in [-0.4, -0.2) is 28.9 Å². The Balaban J connectivity index is 1.52. The number of amides is 1. The Morgan fingerprint density at radius 1 is 0.862 bits per heavy atom. The molecule has 2 heterocycles. The van der Waals surface area contributed by atoms with Crippen molar-refractivity contribution in [2.24, 2.45) is 0 Å². The van der Waals surface area contributed by atoms with Crippen molar-refractivity contribution in [2.75, 3.05) is 13.1 Å². The number of nitrogens with zero attached hydrogens (tertiary/aromatic N) is 2. The minimum atomic E-state index is 0.140. The van der Waals surface area contributed by atoms with Gasteiger partial charge in [0.25, 0.3) is 5.91 Å². The summed E-state index contributed by atoms with van der Waals surface area (Å²) in [6.45, 7) is 1.72. The molecule has 5 rings (SSSR count). The zero-order valence-electron chi connectivity index (χ0n) is 16.9. The lowest BCUT2D eigenvalue weighted by Crippen LogP contribution is -2.27. The molecule has 1 aromatic heterocycles. The summed E-state index contributed by atoms with van der Waals surface area (Å²) in [6, 6.07) is 18.9. The predicted molar refractivity (Wildman–Crippen MR) is 118 cm³/mol. The first-order valence-corrected chi connectivity index (χ1v) is 11.1. The maximum Gasteiger partial charge on any atom is 0.254 e. The fourth-order valence-electron chi connectivity index (χ4n) is 4.95. The van der Waals surface area contributed by atoms with Crippen LogP contribution in [0, 0.1) is 0 Å². The third kappa shape index (κ3) is 3.66. The number of hydrogen-bond acceptors (Lipinski definition) is 2. The van der Waals surface area contributed by atoms with Crippen LogP contribution < -0.4 is 0 Å². The molecule has 0 N–H and O–H groups in total. The summed E-state index contributed by atoms with van der Waals surface area (Å²) in [4.78, 5) is 20.1. The molecule has 1 saturated heterocycles. The largest absolute Gasteiger partial charge is 0.339 e. The van der Waals surface area contributed by atoms with Gasteiger partial charge in [-0.2, -0.15) is 0 Å². The number of hydrogen-bond donors (Lipinski definition) is 0. The van der Waals surface area contributed by atoms with E-state index in [9.17, 15) is 4.79 Å². The highest BCUT2D eigenvalue weighted by Crippen LogP contribution is 2.34. The Kier molecular flexibility index (Phi) is 5.05. The highest BCUT2D eigenvalue weighted by Gasteiger charge is 2.22. The number of para-hydroxylation sites is 1. The van der Waals surface area contributed by atoms with Crippen molar-refractivity contribution < 1.29 is 4.79 Å². The molecule has 0 unspecified atom stereocenters. The zero-order valence-corrected chi connectivity index (χ0v) is 16.9. The third-order valence-electron chi connectivity index (χ3n) is 6.62. The highest BCUT2D eigenvalue weighted by atomic mass is 16.2. The molecule has 3 nitrogen and oxygen atoms in total. The SMILES string of the molecule is O=C(c1cc(-c2ccc(C3CCCCC3)cc2)nc2ccccc12)N1CCCC1. The van der Waals surface area contributed by atoms with Crippen LogP contribution in [0.1, 0.15) is 66.8 Å². The summed E-state index contributed by atoms with van der Waals surface area (Å²) >= 11 is 0. The van der Waals surface area contributed by atoms with E-state index in [2.05, 4.69) is 24.3 Å².